The average molecular weight is 595 g/mol. The van der Waals surface area contributed by atoms with Gasteiger partial charge in [0.05, 0.1) is 5.57 Å². The van der Waals surface area contributed by atoms with Gasteiger partial charge >= 0.3 is 0 Å². The summed E-state index contributed by atoms with van der Waals surface area (Å²) in [6, 6.07) is 13.9. The summed E-state index contributed by atoms with van der Waals surface area (Å²) in [6.45, 7) is 13.5. The van der Waals surface area contributed by atoms with Crippen LogP contribution in [-0.2, 0) is 12.8 Å². The normalized spacial score (nSPS) is 13.7. The van der Waals surface area contributed by atoms with E-state index < -0.39 is 0 Å². The van der Waals surface area contributed by atoms with E-state index in [1.54, 1.807) is 4.70 Å². The van der Waals surface area contributed by atoms with Crippen molar-refractivity contribution in [2.75, 3.05) is 0 Å². The van der Waals surface area contributed by atoms with Crippen LogP contribution in [0.3, 0.4) is 0 Å². The third-order valence-corrected chi connectivity index (χ3v) is 9.04. The standard InChI is InChI=1S/C42H62N2/c1-7-11-15-17-18-22-26-40-39(25-21-16-12-8-2)41(37-29-33(5)27-35(31-37)23-19-13-9-3)44(43)42(40)38-30-34(6)28-36(32-38)24-20-14-10-4/h21,25,27-32H,7-20,22-24,26H2,1-6H3. The highest BCUT2D eigenvalue weighted by Crippen LogP contribution is 2.44. The van der Waals surface area contributed by atoms with E-state index in [-0.39, 0.29) is 0 Å². The Labute approximate surface area is 271 Å². The molecule has 0 amide bonds. The molecule has 0 radical (unpaired) electrons. The zero-order valence-electron chi connectivity index (χ0n) is 29.2. The molecule has 44 heavy (non-hydrogen) atoms. The van der Waals surface area contributed by atoms with Gasteiger partial charge in [0.1, 0.15) is 0 Å². The highest BCUT2D eigenvalue weighted by Gasteiger charge is 2.35. The van der Waals surface area contributed by atoms with Crippen LogP contribution in [0.1, 0.15) is 164 Å². The lowest BCUT2D eigenvalue weighted by Gasteiger charge is -2.13. The van der Waals surface area contributed by atoms with Gasteiger partial charge in [-0.15, -0.1) is 0 Å². The van der Waals surface area contributed by atoms with Gasteiger partial charge in [0.15, 0.2) is 0 Å². The fraction of sp³-hybridized carbons (Fsp3) is 0.571. The van der Waals surface area contributed by atoms with Crippen LogP contribution in [-0.4, -0.2) is 4.70 Å². The molecule has 0 bridgehead atoms. The van der Waals surface area contributed by atoms with E-state index in [1.165, 1.54) is 117 Å². The van der Waals surface area contributed by atoms with Gasteiger partial charge in [0.2, 0.25) is 11.4 Å². The van der Waals surface area contributed by atoms with Crippen molar-refractivity contribution in [3.8, 4) is 0 Å². The molecule has 240 valence electrons. The molecule has 0 saturated carbocycles. The minimum Gasteiger partial charge on any atom is -0.493 e. The van der Waals surface area contributed by atoms with Gasteiger partial charge in [-0.05, 0) is 94.2 Å². The molecule has 1 aliphatic rings. The highest BCUT2D eigenvalue weighted by atomic mass is 15.2. The first kappa shape index (κ1) is 35.7. The van der Waals surface area contributed by atoms with Gasteiger partial charge in [0, 0.05) is 16.7 Å². The fourth-order valence-electron chi connectivity index (χ4n) is 6.68. The number of unbranched alkanes of at least 4 members (excludes halogenated alkanes) is 11. The van der Waals surface area contributed by atoms with E-state index in [1.807, 2.05) is 0 Å². The third kappa shape index (κ3) is 10.7. The smallest absolute Gasteiger partial charge is 0.215 e. The Morgan fingerprint density at radius 3 is 1.59 bits per heavy atom. The second kappa shape index (κ2) is 19.6. The van der Waals surface area contributed by atoms with Gasteiger partial charge in [-0.1, -0.05) is 134 Å². The molecule has 0 aliphatic carbocycles. The van der Waals surface area contributed by atoms with Crippen LogP contribution in [0.5, 0.6) is 0 Å². The molecule has 2 aromatic carbocycles. The summed E-state index contributed by atoms with van der Waals surface area (Å²) < 4.78 is 1.57. The van der Waals surface area contributed by atoms with Crippen molar-refractivity contribution in [1.29, 1.82) is 0 Å². The number of hydrogen-bond donors (Lipinski definition) is 0. The van der Waals surface area contributed by atoms with Gasteiger partial charge in [-0.2, -0.15) is 0 Å². The summed E-state index contributed by atoms with van der Waals surface area (Å²) in [6.07, 6.45) is 26.3. The van der Waals surface area contributed by atoms with Crippen molar-refractivity contribution >= 4 is 11.4 Å². The molecule has 0 spiro atoms. The Bertz CT molecular complexity index is 1290. The van der Waals surface area contributed by atoms with E-state index in [2.05, 4.69) is 90.1 Å². The first-order valence-corrected chi connectivity index (χ1v) is 18.3. The van der Waals surface area contributed by atoms with Crippen LogP contribution >= 0.6 is 0 Å². The predicted octanol–water partition coefficient (Wildman–Crippen LogP) is 13.4. The Kier molecular flexibility index (Phi) is 15.9. The minimum atomic E-state index is 0.961. The quantitative estimate of drug-likeness (QED) is 0.101. The van der Waals surface area contributed by atoms with Crippen molar-refractivity contribution in [2.45, 2.75) is 157 Å². The molecule has 1 heterocycles. The van der Waals surface area contributed by atoms with E-state index in [0.29, 0.717) is 0 Å². The molecule has 0 aromatic heterocycles. The van der Waals surface area contributed by atoms with Gasteiger partial charge in [0.25, 0.3) is 0 Å². The number of nitrogens with zero attached hydrogens (tertiary/aromatic N) is 2. The SMILES string of the molecule is CCCCC=CC1=C(c2cc(C)cc(CCCCC)c2)[N+](=[N-])C(c2cc(C)cc(CCCCC)c2)=C1CCCCCCCC. The van der Waals surface area contributed by atoms with Crippen molar-refractivity contribution in [1.82, 2.24) is 0 Å². The number of aryl methyl sites for hydroxylation is 4. The molecule has 0 unspecified atom stereocenters. The molecule has 2 aromatic rings. The van der Waals surface area contributed by atoms with Crippen molar-refractivity contribution in [3.05, 3.63) is 98.6 Å². The van der Waals surface area contributed by atoms with E-state index >= 15 is 0 Å². The van der Waals surface area contributed by atoms with E-state index in [4.69, 9.17) is 0 Å². The lowest BCUT2D eigenvalue weighted by molar-refractivity contribution is -0.345. The molecule has 0 atom stereocenters. The summed E-state index contributed by atoms with van der Waals surface area (Å²) in [5.41, 5.74) is 24.3. The molecular weight excluding hydrogens is 532 g/mol. The maximum Gasteiger partial charge on any atom is 0.215 e. The Balaban J connectivity index is 2.13. The number of allylic oxidation sites excluding steroid dienone is 4. The molecular formula is C42H62N2. The van der Waals surface area contributed by atoms with Crippen molar-refractivity contribution < 1.29 is 4.70 Å². The van der Waals surface area contributed by atoms with Crippen LogP contribution in [0.2, 0.25) is 0 Å². The maximum atomic E-state index is 12.2. The molecule has 0 fully saturated rings. The molecule has 1 aliphatic heterocycles. The zero-order valence-corrected chi connectivity index (χ0v) is 29.2. The van der Waals surface area contributed by atoms with Gasteiger partial charge in [-0.25, -0.2) is 4.70 Å². The predicted molar refractivity (Wildman–Crippen MR) is 193 cm³/mol. The number of benzene rings is 2. The number of hydrogen-bond acceptors (Lipinski definition) is 0. The largest absolute Gasteiger partial charge is 0.493 e. The summed E-state index contributed by atoms with van der Waals surface area (Å²) in [5.74, 6) is 0. The second-order valence-electron chi connectivity index (χ2n) is 13.3. The first-order chi connectivity index (χ1) is 21.4. The van der Waals surface area contributed by atoms with Crippen LogP contribution in [0, 0.1) is 13.8 Å². The lowest BCUT2D eigenvalue weighted by Crippen LogP contribution is -2.04. The molecule has 2 nitrogen and oxygen atoms in total. The van der Waals surface area contributed by atoms with E-state index in [0.717, 1.165) is 54.6 Å². The minimum absolute atomic E-state index is 0.961. The molecule has 0 saturated heterocycles. The van der Waals surface area contributed by atoms with Crippen molar-refractivity contribution in [3.63, 3.8) is 0 Å². The lowest BCUT2D eigenvalue weighted by atomic mass is 9.92. The fourth-order valence-corrected chi connectivity index (χ4v) is 6.68. The van der Waals surface area contributed by atoms with Crippen LogP contribution < -0.4 is 0 Å². The molecule has 2 heteroatoms. The highest BCUT2D eigenvalue weighted by molar-refractivity contribution is 5.84. The summed E-state index contributed by atoms with van der Waals surface area (Å²) >= 11 is 0. The van der Waals surface area contributed by atoms with Crippen LogP contribution in [0.15, 0.2) is 59.7 Å². The summed E-state index contributed by atoms with van der Waals surface area (Å²) in [4.78, 5) is 0. The monoisotopic (exact) mass is 594 g/mol. The molecule has 0 N–H and O–H groups in total. The summed E-state index contributed by atoms with van der Waals surface area (Å²) in [7, 11) is 0. The van der Waals surface area contributed by atoms with E-state index in [9.17, 15) is 5.53 Å². The van der Waals surface area contributed by atoms with Gasteiger partial charge in [-0.3, -0.25) is 0 Å². The van der Waals surface area contributed by atoms with Gasteiger partial charge < -0.3 is 5.53 Å². The Hall–Kier alpha value is -2.74. The van der Waals surface area contributed by atoms with Crippen molar-refractivity contribution in [2.24, 2.45) is 0 Å². The number of rotatable bonds is 21. The Morgan fingerprint density at radius 2 is 1.02 bits per heavy atom. The average Bonchev–Trinajstić information content (AvgIpc) is 3.27. The zero-order chi connectivity index (χ0) is 31.7. The summed E-state index contributed by atoms with van der Waals surface area (Å²) in [5, 5.41) is 0. The molecule has 3 rings (SSSR count). The second-order valence-corrected chi connectivity index (χ2v) is 13.3. The topological polar surface area (TPSA) is 25.3 Å². The van der Waals surface area contributed by atoms with Crippen LogP contribution in [0.25, 0.3) is 16.9 Å². The first-order valence-electron chi connectivity index (χ1n) is 18.3. The Morgan fingerprint density at radius 1 is 0.545 bits per heavy atom. The third-order valence-electron chi connectivity index (χ3n) is 9.04. The van der Waals surface area contributed by atoms with Crippen LogP contribution in [0.4, 0.5) is 0 Å². The maximum absolute atomic E-state index is 12.2.